The van der Waals surface area contributed by atoms with Crippen molar-refractivity contribution in [1.29, 1.82) is 0 Å². The highest BCUT2D eigenvalue weighted by Crippen LogP contribution is 2.32. The van der Waals surface area contributed by atoms with E-state index >= 15 is 0 Å². The van der Waals surface area contributed by atoms with Crippen LogP contribution >= 0.6 is 38.5 Å². The molecule has 0 fully saturated rings. The predicted molar refractivity (Wildman–Crippen MR) is 117 cm³/mol. The van der Waals surface area contributed by atoms with E-state index in [1.807, 2.05) is 49.7 Å². The van der Waals surface area contributed by atoms with Crippen LogP contribution in [0.25, 0.3) is 5.69 Å². The van der Waals surface area contributed by atoms with Crippen LogP contribution in [-0.4, -0.2) is 20.9 Å². The second-order valence-corrected chi connectivity index (χ2v) is 8.31. The lowest BCUT2D eigenvalue weighted by molar-refractivity contribution is 0.0707. The number of carbonyl (C=O) groups is 1. The highest BCUT2D eigenvalue weighted by Gasteiger charge is 2.18. The van der Waals surface area contributed by atoms with Crippen molar-refractivity contribution in [2.24, 2.45) is 0 Å². The summed E-state index contributed by atoms with van der Waals surface area (Å²) >= 11 is 5.77. The quantitative estimate of drug-likeness (QED) is 0.246. The molecule has 0 aliphatic carbocycles. The molecule has 0 atom stereocenters. The Morgan fingerprint density at radius 3 is 2.48 bits per heavy atom. The molecule has 3 rings (SSSR count). The lowest BCUT2D eigenvalue weighted by Crippen LogP contribution is -2.20. The van der Waals surface area contributed by atoms with E-state index in [-0.39, 0.29) is 0 Å². The topological polar surface area (TPSA) is 79.2 Å². The lowest BCUT2D eigenvalue weighted by Gasteiger charge is -2.17. The van der Waals surface area contributed by atoms with Crippen LogP contribution in [0.15, 0.2) is 40.9 Å². The zero-order valence-electron chi connectivity index (χ0n) is 15.0. The molecule has 0 saturated carbocycles. The number of anilines is 2. The van der Waals surface area contributed by atoms with Crippen LogP contribution in [0.3, 0.4) is 0 Å². The van der Waals surface area contributed by atoms with Gasteiger partial charge in [0.05, 0.1) is 22.6 Å². The van der Waals surface area contributed by atoms with E-state index < -0.39 is 5.91 Å². The van der Waals surface area contributed by atoms with Gasteiger partial charge in [0.25, 0.3) is 5.91 Å². The fourth-order valence-corrected chi connectivity index (χ4v) is 4.02. The number of carbonyl (C=O) groups excluding carboxylic acids is 1. The van der Waals surface area contributed by atoms with Crippen molar-refractivity contribution >= 4 is 55.8 Å². The molecule has 1 aromatic heterocycles. The smallest absolute Gasteiger partial charge is 0.276 e. The summed E-state index contributed by atoms with van der Waals surface area (Å²) in [5.74, 6) is -0.596. The summed E-state index contributed by atoms with van der Waals surface area (Å²) in [6, 6.07) is 11.5. The van der Waals surface area contributed by atoms with Gasteiger partial charge in [0.15, 0.2) is 0 Å². The predicted octanol–water partition coefficient (Wildman–Crippen LogP) is 5.03. The Morgan fingerprint density at radius 2 is 1.89 bits per heavy atom. The van der Waals surface area contributed by atoms with Gasteiger partial charge in [0.2, 0.25) is 0 Å². The summed E-state index contributed by atoms with van der Waals surface area (Å²) < 4.78 is 3.63. The van der Waals surface area contributed by atoms with Gasteiger partial charge in [0, 0.05) is 19.4 Å². The number of nitrogens with one attached hydrogen (secondary N) is 2. The first kappa shape index (κ1) is 19.8. The average Bonchev–Trinajstić information content (AvgIpc) is 2.95. The molecule has 140 valence electrons. The first-order valence-corrected chi connectivity index (χ1v) is 10.0. The molecule has 2 aromatic carbocycles. The second-order valence-electron chi connectivity index (χ2n) is 6.21. The molecule has 0 saturated heterocycles. The highest BCUT2D eigenvalue weighted by atomic mass is 127. The first-order valence-electron chi connectivity index (χ1n) is 8.15. The summed E-state index contributed by atoms with van der Waals surface area (Å²) in [5.41, 5.74) is 7.19. The fourth-order valence-electron chi connectivity index (χ4n) is 2.86. The average molecular weight is 541 g/mol. The van der Waals surface area contributed by atoms with Gasteiger partial charge in [-0.3, -0.25) is 10.0 Å². The van der Waals surface area contributed by atoms with Crippen LogP contribution in [-0.2, 0) is 0 Å². The molecule has 0 spiro atoms. The Kier molecular flexibility index (Phi) is 5.87. The van der Waals surface area contributed by atoms with Crippen LogP contribution in [0.5, 0.6) is 0 Å². The minimum absolute atomic E-state index is 0.313. The van der Waals surface area contributed by atoms with E-state index in [1.54, 1.807) is 11.5 Å². The van der Waals surface area contributed by atoms with Gasteiger partial charge in [-0.25, -0.2) is 10.2 Å². The maximum absolute atomic E-state index is 12.2. The summed E-state index contributed by atoms with van der Waals surface area (Å²) in [7, 11) is 0. The van der Waals surface area contributed by atoms with E-state index in [4.69, 9.17) is 5.21 Å². The summed E-state index contributed by atoms with van der Waals surface area (Å²) in [6.07, 6.45) is 0. The Morgan fingerprint density at radius 1 is 1.15 bits per heavy atom. The van der Waals surface area contributed by atoms with E-state index in [0.29, 0.717) is 15.7 Å². The number of aryl methyl sites for hydroxylation is 3. The van der Waals surface area contributed by atoms with Crippen molar-refractivity contribution in [3.8, 4) is 5.69 Å². The fraction of sp³-hybridized carbons (Fsp3) is 0.158. The Hall–Kier alpha value is -1.91. The number of hydrogen-bond acceptors (Lipinski definition) is 4. The Labute approximate surface area is 179 Å². The monoisotopic (exact) mass is 540 g/mol. The largest absolute Gasteiger partial charge is 0.355 e. The zero-order chi connectivity index (χ0) is 19.7. The number of rotatable bonds is 4. The van der Waals surface area contributed by atoms with Gasteiger partial charge in [-0.05, 0) is 101 Å². The number of benzene rings is 2. The Balaban J connectivity index is 2.15. The molecule has 0 aliphatic heterocycles. The molecule has 1 heterocycles. The van der Waals surface area contributed by atoms with Gasteiger partial charge < -0.3 is 5.32 Å². The zero-order valence-corrected chi connectivity index (χ0v) is 18.7. The van der Waals surface area contributed by atoms with Crippen LogP contribution in [0.4, 0.5) is 11.4 Å². The molecular weight excluding hydrogens is 523 g/mol. The SMILES string of the molecule is Cc1cc(C)n(-c2cc(Nc3ccc(I)cc3C)c(C(=O)NO)cc2Br)n1. The molecule has 0 unspecified atom stereocenters. The van der Waals surface area contributed by atoms with Crippen molar-refractivity contribution in [1.82, 2.24) is 15.3 Å². The summed E-state index contributed by atoms with van der Waals surface area (Å²) in [4.78, 5) is 12.2. The third-order valence-electron chi connectivity index (χ3n) is 4.13. The molecular formula is C19H18BrIN4O2. The van der Waals surface area contributed by atoms with E-state index in [0.717, 1.165) is 31.9 Å². The maximum atomic E-state index is 12.2. The number of halogens is 2. The first-order chi connectivity index (χ1) is 12.8. The molecule has 3 N–H and O–H groups in total. The van der Waals surface area contributed by atoms with Crippen LogP contribution < -0.4 is 10.8 Å². The van der Waals surface area contributed by atoms with Gasteiger partial charge in [-0.2, -0.15) is 5.10 Å². The molecule has 0 radical (unpaired) electrons. The number of aromatic nitrogens is 2. The van der Waals surface area contributed by atoms with Crippen LogP contribution in [0, 0.1) is 24.3 Å². The lowest BCUT2D eigenvalue weighted by atomic mass is 10.1. The summed E-state index contributed by atoms with van der Waals surface area (Å²) in [6.45, 7) is 5.90. The van der Waals surface area contributed by atoms with Crippen LogP contribution in [0.2, 0.25) is 0 Å². The van der Waals surface area contributed by atoms with E-state index in [2.05, 4.69) is 55.0 Å². The van der Waals surface area contributed by atoms with Gasteiger partial charge in [-0.15, -0.1) is 0 Å². The number of amides is 1. The molecule has 0 bridgehead atoms. The highest BCUT2D eigenvalue weighted by molar-refractivity contribution is 14.1. The minimum Gasteiger partial charge on any atom is -0.355 e. The van der Waals surface area contributed by atoms with E-state index in [1.165, 1.54) is 0 Å². The number of hydroxylamine groups is 1. The standard InChI is InChI=1S/C19H18BrIN4O2/c1-10-6-13(21)4-5-16(10)22-17-9-18(25-12(3)7-11(2)23-25)15(20)8-14(17)19(26)24-27/h4-9,22,27H,1-3H3,(H,24,26). The van der Waals surface area contributed by atoms with Crippen LogP contribution in [0.1, 0.15) is 27.3 Å². The van der Waals surface area contributed by atoms with E-state index in [9.17, 15) is 4.79 Å². The summed E-state index contributed by atoms with van der Waals surface area (Å²) in [5, 5.41) is 17.0. The minimum atomic E-state index is -0.596. The molecule has 3 aromatic rings. The van der Waals surface area contributed by atoms with Gasteiger partial charge >= 0.3 is 0 Å². The maximum Gasteiger partial charge on any atom is 0.276 e. The second kappa shape index (κ2) is 7.99. The van der Waals surface area contributed by atoms with Gasteiger partial charge in [-0.1, -0.05) is 0 Å². The third-order valence-corrected chi connectivity index (χ3v) is 5.43. The normalized spacial score (nSPS) is 10.7. The molecule has 6 nitrogen and oxygen atoms in total. The molecule has 8 heteroatoms. The third kappa shape index (κ3) is 4.17. The van der Waals surface area contributed by atoms with Crippen molar-refractivity contribution in [3.05, 3.63) is 67.0 Å². The molecule has 0 aliphatic rings. The Bertz CT molecular complexity index is 1030. The van der Waals surface area contributed by atoms with Crippen molar-refractivity contribution in [2.45, 2.75) is 20.8 Å². The number of hydrogen-bond donors (Lipinski definition) is 3. The van der Waals surface area contributed by atoms with Crippen molar-refractivity contribution in [3.63, 3.8) is 0 Å². The van der Waals surface area contributed by atoms with Crippen molar-refractivity contribution < 1.29 is 10.0 Å². The molecule has 27 heavy (non-hydrogen) atoms. The molecule has 1 amide bonds. The van der Waals surface area contributed by atoms with Gasteiger partial charge in [0.1, 0.15) is 0 Å². The number of nitrogens with zero attached hydrogens (tertiary/aromatic N) is 2. The van der Waals surface area contributed by atoms with Crippen molar-refractivity contribution in [2.75, 3.05) is 5.32 Å².